The second-order valence-corrected chi connectivity index (χ2v) is 5.70. The number of carbonyl (C=O) groups is 1. The fourth-order valence-electron chi connectivity index (χ4n) is 1.55. The second kappa shape index (κ2) is 6.18. The van der Waals surface area contributed by atoms with Crippen molar-refractivity contribution in [1.82, 2.24) is 15.1 Å². The van der Waals surface area contributed by atoms with Crippen LogP contribution in [0.1, 0.15) is 28.3 Å². The number of aliphatic hydroxyl groups is 1. The number of hydrogen-bond acceptors (Lipinski definition) is 4. The normalized spacial score (nSPS) is 12.4. The van der Waals surface area contributed by atoms with Crippen LogP contribution in [0.3, 0.4) is 0 Å². The van der Waals surface area contributed by atoms with Crippen molar-refractivity contribution in [1.29, 1.82) is 0 Å². The van der Waals surface area contributed by atoms with Gasteiger partial charge in [0, 0.05) is 24.2 Å². The van der Waals surface area contributed by atoms with E-state index in [0.717, 1.165) is 4.88 Å². The van der Waals surface area contributed by atoms with Crippen LogP contribution in [0.25, 0.3) is 0 Å². The molecule has 2 N–H and O–H groups in total. The van der Waals surface area contributed by atoms with E-state index in [1.165, 1.54) is 17.5 Å². The van der Waals surface area contributed by atoms with E-state index in [9.17, 15) is 9.90 Å². The SMILES string of the molecule is CCn1cc(C(=O)NCC(O)c2ccc(Cl)s2)cn1. The summed E-state index contributed by atoms with van der Waals surface area (Å²) in [5.74, 6) is -0.249. The number of carbonyl (C=O) groups excluding carboxylic acids is 1. The Balaban J connectivity index is 1.89. The van der Waals surface area contributed by atoms with Crippen LogP contribution in [0.2, 0.25) is 4.34 Å². The number of rotatable bonds is 5. The Kier molecular flexibility index (Phi) is 4.57. The van der Waals surface area contributed by atoms with E-state index in [1.807, 2.05) is 6.92 Å². The number of thiophene rings is 1. The molecule has 0 bridgehead atoms. The van der Waals surface area contributed by atoms with Crippen molar-refractivity contribution in [2.24, 2.45) is 0 Å². The zero-order valence-electron chi connectivity index (χ0n) is 10.3. The third kappa shape index (κ3) is 3.56. The van der Waals surface area contributed by atoms with Gasteiger partial charge in [0.15, 0.2) is 0 Å². The molecule has 0 saturated carbocycles. The van der Waals surface area contributed by atoms with Crippen LogP contribution in [0.4, 0.5) is 0 Å². The summed E-state index contributed by atoms with van der Waals surface area (Å²) in [5, 5.41) is 16.6. The molecule has 1 unspecified atom stereocenters. The van der Waals surface area contributed by atoms with Crippen molar-refractivity contribution in [3.05, 3.63) is 39.3 Å². The molecule has 0 aromatic carbocycles. The van der Waals surface area contributed by atoms with Gasteiger partial charge in [0.05, 0.1) is 16.1 Å². The van der Waals surface area contributed by atoms with Gasteiger partial charge in [-0.2, -0.15) is 5.10 Å². The fourth-order valence-corrected chi connectivity index (χ4v) is 2.60. The molecule has 2 rings (SSSR count). The topological polar surface area (TPSA) is 67.2 Å². The third-order valence-corrected chi connectivity index (χ3v) is 3.93. The lowest BCUT2D eigenvalue weighted by Gasteiger charge is -2.09. The number of aryl methyl sites for hydroxylation is 1. The molecule has 2 aromatic rings. The van der Waals surface area contributed by atoms with E-state index in [1.54, 1.807) is 23.0 Å². The first-order valence-electron chi connectivity index (χ1n) is 5.84. The highest BCUT2D eigenvalue weighted by Crippen LogP contribution is 2.26. The van der Waals surface area contributed by atoms with Crippen LogP contribution in [-0.4, -0.2) is 27.3 Å². The molecule has 0 fully saturated rings. The smallest absolute Gasteiger partial charge is 0.254 e. The highest BCUT2D eigenvalue weighted by molar-refractivity contribution is 7.16. The molecular formula is C12H14ClN3O2S. The van der Waals surface area contributed by atoms with Crippen molar-refractivity contribution in [3.63, 3.8) is 0 Å². The van der Waals surface area contributed by atoms with E-state index in [4.69, 9.17) is 11.6 Å². The predicted octanol–water partition coefficient (Wildman–Crippen LogP) is 2.08. The zero-order chi connectivity index (χ0) is 13.8. The molecule has 0 aliphatic rings. The largest absolute Gasteiger partial charge is 0.386 e. The number of nitrogens with one attached hydrogen (secondary N) is 1. The van der Waals surface area contributed by atoms with Crippen molar-refractivity contribution >= 4 is 28.8 Å². The van der Waals surface area contributed by atoms with E-state index in [-0.39, 0.29) is 12.5 Å². The molecule has 19 heavy (non-hydrogen) atoms. The summed E-state index contributed by atoms with van der Waals surface area (Å²) in [5.41, 5.74) is 0.485. The molecule has 1 amide bonds. The molecular weight excluding hydrogens is 286 g/mol. The minimum atomic E-state index is -0.748. The lowest BCUT2D eigenvalue weighted by atomic mass is 10.2. The number of amides is 1. The molecule has 2 aromatic heterocycles. The number of aliphatic hydroxyl groups excluding tert-OH is 1. The predicted molar refractivity (Wildman–Crippen MR) is 74.5 cm³/mol. The third-order valence-electron chi connectivity index (χ3n) is 2.60. The molecule has 1 atom stereocenters. The van der Waals surface area contributed by atoms with Gasteiger partial charge in [0.1, 0.15) is 6.10 Å². The Morgan fingerprint density at radius 3 is 3.00 bits per heavy atom. The maximum absolute atomic E-state index is 11.8. The van der Waals surface area contributed by atoms with Gasteiger partial charge >= 0.3 is 0 Å². The standard InChI is InChI=1S/C12H14ClN3O2S/c1-2-16-7-8(5-15-16)12(18)14-6-9(17)10-3-4-11(13)19-10/h3-5,7,9,17H,2,6H2,1H3,(H,14,18). The second-order valence-electron chi connectivity index (χ2n) is 3.95. The van der Waals surface area contributed by atoms with Crippen LogP contribution in [0.15, 0.2) is 24.5 Å². The highest BCUT2D eigenvalue weighted by atomic mass is 35.5. The van der Waals surface area contributed by atoms with E-state index in [2.05, 4.69) is 10.4 Å². The van der Waals surface area contributed by atoms with Gasteiger partial charge in [-0.05, 0) is 19.1 Å². The first-order valence-corrected chi connectivity index (χ1v) is 7.03. The van der Waals surface area contributed by atoms with E-state index >= 15 is 0 Å². The summed E-state index contributed by atoms with van der Waals surface area (Å²) < 4.78 is 2.29. The molecule has 0 radical (unpaired) electrons. The van der Waals surface area contributed by atoms with Crippen molar-refractivity contribution in [2.75, 3.05) is 6.54 Å². The Morgan fingerprint density at radius 1 is 1.63 bits per heavy atom. The van der Waals surface area contributed by atoms with Gasteiger partial charge in [0.25, 0.3) is 5.91 Å². The van der Waals surface area contributed by atoms with Gasteiger partial charge in [-0.15, -0.1) is 11.3 Å². The van der Waals surface area contributed by atoms with Crippen molar-refractivity contribution < 1.29 is 9.90 Å². The summed E-state index contributed by atoms with van der Waals surface area (Å²) in [7, 11) is 0. The van der Waals surface area contributed by atoms with Crippen molar-refractivity contribution in [2.45, 2.75) is 19.6 Å². The quantitative estimate of drug-likeness (QED) is 0.888. The Bertz CT molecular complexity index is 567. The van der Waals surface area contributed by atoms with Gasteiger partial charge in [-0.1, -0.05) is 11.6 Å². The Hall–Kier alpha value is -1.37. The molecule has 5 nitrogen and oxygen atoms in total. The monoisotopic (exact) mass is 299 g/mol. The average molecular weight is 300 g/mol. The molecule has 7 heteroatoms. The van der Waals surface area contributed by atoms with Crippen LogP contribution < -0.4 is 5.32 Å². The summed E-state index contributed by atoms with van der Waals surface area (Å²) in [6, 6.07) is 3.47. The average Bonchev–Trinajstić information content (AvgIpc) is 3.04. The minimum Gasteiger partial charge on any atom is -0.386 e. The van der Waals surface area contributed by atoms with Gasteiger partial charge in [0.2, 0.25) is 0 Å². The van der Waals surface area contributed by atoms with E-state index < -0.39 is 6.10 Å². The first-order chi connectivity index (χ1) is 9.10. The number of hydrogen-bond donors (Lipinski definition) is 2. The summed E-state index contributed by atoms with van der Waals surface area (Å²) in [6.07, 6.45) is 2.43. The van der Waals surface area contributed by atoms with E-state index in [0.29, 0.717) is 16.4 Å². The maximum Gasteiger partial charge on any atom is 0.254 e. The molecule has 0 aliphatic carbocycles. The molecule has 2 heterocycles. The van der Waals surface area contributed by atoms with Gasteiger partial charge < -0.3 is 10.4 Å². The van der Waals surface area contributed by atoms with Crippen LogP contribution >= 0.6 is 22.9 Å². The molecule has 102 valence electrons. The minimum absolute atomic E-state index is 0.146. The summed E-state index contributed by atoms with van der Waals surface area (Å²) >= 11 is 7.09. The van der Waals surface area contributed by atoms with Gasteiger partial charge in [-0.25, -0.2) is 0 Å². The van der Waals surface area contributed by atoms with Crippen LogP contribution in [-0.2, 0) is 6.54 Å². The molecule has 0 saturated heterocycles. The lowest BCUT2D eigenvalue weighted by molar-refractivity contribution is 0.0918. The Labute approximate surface area is 119 Å². The van der Waals surface area contributed by atoms with Gasteiger partial charge in [-0.3, -0.25) is 9.48 Å². The molecule has 0 spiro atoms. The maximum atomic E-state index is 11.8. The zero-order valence-corrected chi connectivity index (χ0v) is 11.9. The lowest BCUT2D eigenvalue weighted by Crippen LogP contribution is -2.27. The highest BCUT2D eigenvalue weighted by Gasteiger charge is 2.13. The number of halogens is 1. The van der Waals surface area contributed by atoms with Crippen LogP contribution in [0.5, 0.6) is 0 Å². The number of aromatic nitrogens is 2. The Morgan fingerprint density at radius 2 is 2.42 bits per heavy atom. The first kappa shape index (κ1) is 14.0. The number of nitrogens with zero attached hydrogens (tertiary/aromatic N) is 2. The summed E-state index contributed by atoms with van der Waals surface area (Å²) in [4.78, 5) is 12.5. The fraction of sp³-hybridized carbons (Fsp3) is 0.333. The molecule has 0 aliphatic heterocycles. The van der Waals surface area contributed by atoms with Crippen LogP contribution in [0, 0.1) is 0 Å². The summed E-state index contributed by atoms with van der Waals surface area (Å²) in [6.45, 7) is 2.80. The van der Waals surface area contributed by atoms with Crippen molar-refractivity contribution in [3.8, 4) is 0 Å².